The van der Waals surface area contributed by atoms with Gasteiger partial charge in [-0.1, -0.05) is 0 Å². The molecule has 1 aromatic heterocycles. The molecule has 0 fully saturated rings. The van der Waals surface area contributed by atoms with Gasteiger partial charge in [0.05, 0.1) is 16.1 Å². The minimum atomic E-state index is -0.491. The molecule has 1 heterocycles. The molecule has 0 aromatic carbocycles. The van der Waals surface area contributed by atoms with Crippen molar-refractivity contribution in [2.45, 2.75) is 0 Å². The van der Waals surface area contributed by atoms with Crippen molar-refractivity contribution >= 4 is 22.0 Å². The summed E-state index contributed by atoms with van der Waals surface area (Å²) in [7, 11) is 1.48. The van der Waals surface area contributed by atoms with Gasteiger partial charge in [0.25, 0.3) is 5.56 Å². The molecule has 5 nitrogen and oxygen atoms in total. The van der Waals surface area contributed by atoms with Gasteiger partial charge < -0.3 is 5.73 Å². The number of aromatic nitrogens is 2. The first-order chi connectivity index (χ1) is 5.04. The first-order valence-corrected chi connectivity index (χ1v) is 3.49. The molecule has 1 rings (SSSR count). The molecule has 0 aliphatic rings. The third kappa shape index (κ3) is 1.21. The topological polar surface area (TPSA) is 70.0 Å². The number of hydrogen-bond acceptors (Lipinski definition) is 3. The molecule has 0 aliphatic heterocycles. The molecular formula is C5H6BrN3O2. The molecule has 11 heavy (non-hydrogen) atoms. The Balaban J connectivity index is 3.74. The van der Waals surface area contributed by atoms with Crippen molar-refractivity contribution in [3.63, 3.8) is 0 Å². The lowest BCUT2D eigenvalue weighted by molar-refractivity contribution is 0.798. The van der Waals surface area contributed by atoms with Crippen molar-refractivity contribution in [3.05, 3.63) is 26.9 Å². The van der Waals surface area contributed by atoms with E-state index in [0.717, 1.165) is 14.2 Å². The Bertz CT molecular complexity index is 392. The molecule has 0 saturated heterocycles. The highest BCUT2D eigenvalue weighted by molar-refractivity contribution is 9.08. The summed E-state index contributed by atoms with van der Waals surface area (Å²) in [4.78, 5) is 21.8. The Morgan fingerprint density at radius 1 is 1.55 bits per heavy atom. The Labute approximate surface area is 70.4 Å². The van der Waals surface area contributed by atoms with Crippen LogP contribution in [0.3, 0.4) is 0 Å². The number of hydrogen-bond donors (Lipinski definition) is 1. The predicted octanol–water partition coefficient (Wildman–Crippen LogP) is -0.713. The van der Waals surface area contributed by atoms with E-state index in [1.165, 1.54) is 7.05 Å². The van der Waals surface area contributed by atoms with Crippen LogP contribution in [0.1, 0.15) is 0 Å². The van der Waals surface area contributed by atoms with E-state index in [1.54, 1.807) is 0 Å². The Hall–Kier alpha value is -1.04. The Morgan fingerprint density at radius 3 is 2.64 bits per heavy atom. The van der Waals surface area contributed by atoms with Gasteiger partial charge in [-0.15, -0.1) is 0 Å². The largest absolute Gasteiger partial charge is 0.385 e. The summed E-state index contributed by atoms with van der Waals surface area (Å²) in [6, 6.07) is 1.16. The lowest BCUT2D eigenvalue weighted by atomic mass is 10.6. The highest BCUT2D eigenvalue weighted by Crippen LogP contribution is 1.89. The standard InChI is InChI=1S/C5H6BrN3O2/c1-8-3(7)2-4(10)9(6)5(8)11/h2H,7H2,1H3. The maximum Gasteiger partial charge on any atom is 0.342 e. The fraction of sp³-hybridized carbons (Fsp3) is 0.200. The van der Waals surface area contributed by atoms with Crippen molar-refractivity contribution < 1.29 is 0 Å². The van der Waals surface area contributed by atoms with Gasteiger partial charge in [0.1, 0.15) is 5.82 Å². The first kappa shape index (κ1) is 8.06. The van der Waals surface area contributed by atoms with E-state index in [2.05, 4.69) is 16.1 Å². The van der Waals surface area contributed by atoms with Crippen LogP contribution < -0.4 is 17.0 Å². The van der Waals surface area contributed by atoms with Gasteiger partial charge in [-0.2, -0.15) is 3.59 Å². The average molecular weight is 220 g/mol. The third-order valence-corrected chi connectivity index (χ3v) is 1.96. The van der Waals surface area contributed by atoms with Crippen molar-refractivity contribution in [1.82, 2.24) is 8.16 Å². The predicted molar refractivity (Wildman–Crippen MR) is 44.7 cm³/mol. The van der Waals surface area contributed by atoms with Crippen molar-refractivity contribution in [1.29, 1.82) is 0 Å². The number of nitrogen functional groups attached to an aromatic ring is 1. The van der Waals surface area contributed by atoms with Crippen molar-refractivity contribution in [3.8, 4) is 0 Å². The highest BCUT2D eigenvalue weighted by atomic mass is 79.9. The zero-order valence-electron chi connectivity index (χ0n) is 5.74. The molecule has 0 amide bonds. The van der Waals surface area contributed by atoms with Gasteiger partial charge in [-0.25, -0.2) is 4.79 Å². The zero-order valence-corrected chi connectivity index (χ0v) is 7.33. The fourth-order valence-electron chi connectivity index (χ4n) is 0.616. The Morgan fingerprint density at radius 2 is 2.09 bits per heavy atom. The average Bonchev–Trinajstić information content (AvgIpc) is 1.97. The molecule has 6 heteroatoms. The highest BCUT2D eigenvalue weighted by Gasteiger charge is 2.01. The summed E-state index contributed by atoms with van der Waals surface area (Å²) in [6.45, 7) is 0. The number of halogens is 1. The Kier molecular flexibility index (Phi) is 1.86. The normalized spacial score (nSPS) is 10.0. The smallest absolute Gasteiger partial charge is 0.342 e. The first-order valence-electron chi connectivity index (χ1n) is 2.78. The molecule has 0 radical (unpaired) electrons. The summed E-state index contributed by atoms with van der Waals surface area (Å²) in [5.74, 6) is 0.149. The van der Waals surface area contributed by atoms with Gasteiger partial charge in [0.15, 0.2) is 0 Å². The van der Waals surface area contributed by atoms with Crippen LogP contribution in [0, 0.1) is 0 Å². The van der Waals surface area contributed by atoms with Crippen LogP contribution in [0.15, 0.2) is 15.7 Å². The second-order valence-corrected chi connectivity index (χ2v) is 2.74. The van der Waals surface area contributed by atoms with Crippen molar-refractivity contribution in [2.24, 2.45) is 7.05 Å². The zero-order chi connectivity index (χ0) is 8.59. The van der Waals surface area contributed by atoms with Gasteiger partial charge in [0.2, 0.25) is 0 Å². The van der Waals surface area contributed by atoms with Crippen LogP contribution in [-0.2, 0) is 7.05 Å². The molecular weight excluding hydrogens is 214 g/mol. The van der Waals surface area contributed by atoms with Crippen LogP contribution in [0.4, 0.5) is 5.82 Å². The van der Waals surface area contributed by atoms with Crippen LogP contribution in [0.2, 0.25) is 0 Å². The molecule has 0 spiro atoms. The van der Waals surface area contributed by atoms with E-state index in [0.29, 0.717) is 0 Å². The van der Waals surface area contributed by atoms with Gasteiger partial charge in [-0.05, 0) is 0 Å². The maximum absolute atomic E-state index is 11.0. The monoisotopic (exact) mass is 219 g/mol. The second-order valence-electron chi connectivity index (χ2n) is 2.03. The SMILES string of the molecule is Cn1c(N)cc(=O)n(Br)c1=O. The lowest BCUT2D eigenvalue weighted by Gasteiger charge is -2.01. The maximum atomic E-state index is 11.0. The van der Waals surface area contributed by atoms with Gasteiger partial charge in [-0.3, -0.25) is 9.36 Å². The number of nitrogens with zero attached hydrogens (tertiary/aromatic N) is 2. The molecule has 0 aliphatic carbocycles. The quantitative estimate of drug-likeness (QED) is 0.627. The van der Waals surface area contributed by atoms with Crippen molar-refractivity contribution in [2.75, 3.05) is 5.73 Å². The molecule has 0 atom stereocenters. The number of rotatable bonds is 0. The summed E-state index contributed by atoms with van der Waals surface area (Å²) in [6.07, 6.45) is 0. The molecule has 0 bridgehead atoms. The van der Waals surface area contributed by atoms with E-state index >= 15 is 0 Å². The van der Waals surface area contributed by atoms with E-state index in [4.69, 9.17) is 5.73 Å². The van der Waals surface area contributed by atoms with Crippen LogP contribution in [0.25, 0.3) is 0 Å². The van der Waals surface area contributed by atoms with Gasteiger partial charge in [0, 0.05) is 13.1 Å². The minimum Gasteiger partial charge on any atom is -0.385 e. The summed E-state index contributed by atoms with van der Waals surface area (Å²) >= 11 is 2.78. The molecule has 0 unspecified atom stereocenters. The summed E-state index contributed by atoms with van der Waals surface area (Å²) in [5.41, 5.74) is 4.36. The summed E-state index contributed by atoms with van der Waals surface area (Å²) < 4.78 is 1.97. The van der Waals surface area contributed by atoms with E-state index in [1.807, 2.05) is 0 Å². The summed E-state index contributed by atoms with van der Waals surface area (Å²) in [5, 5.41) is 0. The van der Waals surface area contributed by atoms with Crippen LogP contribution >= 0.6 is 16.1 Å². The molecule has 60 valence electrons. The van der Waals surface area contributed by atoms with Crippen LogP contribution in [-0.4, -0.2) is 8.16 Å². The van der Waals surface area contributed by atoms with E-state index in [9.17, 15) is 9.59 Å². The lowest BCUT2D eigenvalue weighted by Crippen LogP contribution is -2.34. The number of anilines is 1. The fourth-order valence-corrected chi connectivity index (χ4v) is 0.957. The van der Waals surface area contributed by atoms with Gasteiger partial charge >= 0.3 is 5.69 Å². The van der Waals surface area contributed by atoms with E-state index < -0.39 is 11.2 Å². The molecule has 0 saturated carbocycles. The van der Waals surface area contributed by atoms with Crippen LogP contribution in [0.5, 0.6) is 0 Å². The molecule has 2 N–H and O–H groups in total. The second kappa shape index (κ2) is 2.54. The molecule has 1 aromatic rings. The minimum absolute atomic E-state index is 0.149. The number of nitrogens with two attached hydrogens (primary N) is 1. The third-order valence-electron chi connectivity index (χ3n) is 1.31. The van der Waals surface area contributed by atoms with E-state index in [-0.39, 0.29) is 5.82 Å².